The van der Waals surface area contributed by atoms with E-state index in [9.17, 15) is 10.2 Å². The Morgan fingerprint density at radius 1 is 1.50 bits per heavy atom. The van der Waals surface area contributed by atoms with Crippen LogP contribution in [0.25, 0.3) is 0 Å². The highest BCUT2D eigenvalue weighted by Crippen LogP contribution is 2.43. The third kappa shape index (κ3) is 0.603. The summed E-state index contributed by atoms with van der Waals surface area (Å²) in [5, 5.41) is 18.7. The molecule has 3 heteroatoms. The smallest absolute Gasteiger partial charge is 0.111 e. The molecule has 0 aromatic carbocycles. The van der Waals surface area contributed by atoms with Gasteiger partial charge in [0.25, 0.3) is 0 Å². The van der Waals surface area contributed by atoms with E-state index in [4.69, 9.17) is 4.74 Å². The molecule has 0 aliphatic carbocycles. The molecule has 0 radical (unpaired) electrons. The van der Waals surface area contributed by atoms with Crippen LogP contribution in [0.1, 0.15) is 19.8 Å². The summed E-state index contributed by atoms with van der Waals surface area (Å²) in [5.74, 6) is 0. The van der Waals surface area contributed by atoms with Gasteiger partial charge in [-0.3, -0.25) is 0 Å². The molecule has 3 nitrogen and oxygen atoms in total. The molecule has 2 N–H and O–H groups in total. The van der Waals surface area contributed by atoms with Crippen molar-refractivity contribution in [2.75, 3.05) is 0 Å². The third-order valence-electron chi connectivity index (χ3n) is 2.68. The summed E-state index contributed by atoms with van der Waals surface area (Å²) in [6.45, 7) is 1.86. The zero-order valence-corrected chi connectivity index (χ0v) is 5.95. The SMILES string of the molecule is CC12CCC(O1)C(O)C2O. The molecule has 2 aliphatic rings. The summed E-state index contributed by atoms with van der Waals surface area (Å²) in [5.41, 5.74) is -0.454. The maximum atomic E-state index is 9.37. The van der Waals surface area contributed by atoms with Crippen LogP contribution in [0.5, 0.6) is 0 Å². The van der Waals surface area contributed by atoms with E-state index in [0.717, 1.165) is 12.8 Å². The molecule has 0 aromatic heterocycles. The summed E-state index contributed by atoms with van der Waals surface area (Å²) >= 11 is 0. The lowest BCUT2D eigenvalue weighted by atomic mass is 9.85. The summed E-state index contributed by atoms with van der Waals surface area (Å²) in [6.07, 6.45) is 0.315. The van der Waals surface area contributed by atoms with Gasteiger partial charge in [0.2, 0.25) is 0 Å². The monoisotopic (exact) mass is 144 g/mol. The summed E-state index contributed by atoms with van der Waals surface area (Å²) < 4.78 is 5.38. The molecular weight excluding hydrogens is 132 g/mol. The summed E-state index contributed by atoms with van der Waals surface area (Å²) in [4.78, 5) is 0. The number of ether oxygens (including phenoxy) is 1. The molecular formula is C7H12O3. The third-order valence-corrected chi connectivity index (χ3v) is 2.68. The Morgan fingerprint density at radius 2 is 2.20 bits per heavy atom. The van der Waals surface area contributed by atoms with Crippen LogP contribution in [0.4, 0.5) is 0 Å². The van der Waals surface area contributed by atoms with Crippen LogP contribution < -0.4 is 0 Å². The quantitative estimate of drug-likeness (QED) is 0.489. The van der Waals surface area contributed by atoms with Gasteiger partial charge in [0, 0.05) is 0 Å². The molecule has 10 heavy (non-hydrogen) atoms. The van der Waals surface area contributed by atoms with E-state index in [-0.39, 0.29) is 6.10 Å². The average Bonchev–Trinajstić information content (AvgIpc) is 2.35. The molecule has 0 saturated carbocycles. The second-order valence-electron chi connectivity index (χ2n) is 3.44. The van der Waals surface area contributed by atoms with Gasteiger partial charge in [-0.2, -0.15) is 0 Å². The van der Waals surface area contributed by atoms with Crippen LogP contribution in [0.2, 0.25) is 0 Å². The Bertz CT molecular complexity index is 159. The van der Waals surface area contributed by atoms with Gasteiger partial charge in [-0.15, -0.1) is 0 Å². The zero-order valence-electron chi connectivity index (χ0n) is 5.95. The molecule has 2 heterocycles. The van der Waals surface area contributed by atoms with Gasteiger partial charge in [-0.05, 0) is 19.8 Å². The molecule has 2 bridgehead atoms. The van der Waals surface area contributed by atoms with Crippen LogP contribution in [-0.2, 0) is 4.74 Å². The highest BCUT2D eigenvalue weighted by atomic mass is 16.6. The first-order valence-corrected chi connectivity index (χ1v) is 3.67. The Morgan fingerprint density at radius 3 is 2.50 bits per heavy atom. The standard InChI is InChI=1S/C7H12O3/c1-7-3-2-4(10-7)5(8)6(7)9/h4-6,8-9H,2-3H2,1H3. The lowest BCUT2D eigenvalue weighted by Gasteiger charge is -2.26. The molecule has 0 aromatic rings. The van der Waals surface area contributed by atoms with E-state index in [1.807, 2.05) is 6.92 Å². The molecule has 0 spiro atoms. The van der Waals surface area contributed by atoms with Crippen molar-refractivity contribution in [1.82, 2.24) is 0 Å². The fourth-order valence-electron chi connectivity index (χ4n) is 1.92. The van der Waals surface area contributed by atoms with Gasteiger partial charge in [0.05, 0.1) is 11.7 Å². The fourth-order valence-corrected chi connectivity index (χ4v) is 1.92. The maximum absolute atomic E-state index is 9.37. The molecule has 0 amide bonds. The van der Waals surface area contributed by atoms with Gasteiger partial charge in [0.15, 0.2) is 0 Å². The minimum absolute atomic E-state index is 0.111. The molecule has 58 valence electrons. The molecule has 2 saturated heterocycles. The van der Waals surface area contributed by atoms with E-state index < -0.39 is 17.8 Å². The van der Waals surface area contributed by atoms with E-state index in [1.54, 1.807) is 0 Å². The number of aliphatic hydroxyl groups is 2. The fraction of sp³-hybridized carbons (Fsp3) is 1.00. The molecule has 2 fully saturated rings. The summed E-state index contributed by atoms with van der Waals surface area (Å²) in [6, 6.07) is 0. The van der Waals surface area contributed by atoms with Crippen LogP contribution in [0.15, 0.2) is 0 Å². The Labute approximate surface area is 59.6 Å². The van der Waals surface area contributed by atoms with Gasteiger partial charge >= 0.3 is 0 Å². The highest BCUT2D eigenvalue weighted by Gasteiger charge is 2.55. The van der Waals surface area contributed by atoms with Crippen molar-refractivity contribution in [3.63, 3.8) is 0 Å². The van der Waals surface area contributed by atoms with Crippen molar-refractivity contribution in [3.8, 4) is 0 Å². The normalized spacial score (nSPS) is 59.7. The molecule has 2 rings (SSSR count). The minimum Gasteiger partial charge on any atom is -0.388 e. The number of rotatable bonds is 0. The zero-order chi connectivity index (χ0) is 7.35. The minimum atomic E-state index is -0.675. The van der Waals surface area contributed by atoms with Crippen molar-refractivity contribution < 1.29 is 14.9 Å². The average molecular weight is 144 g/mol. The van der Waals surface area contributed by atoms with Gasteiger partial charge in [0.1, 0.15) is 12.2 Å². The van der Waals surface area contributed by atoms with E-state index in [2.05, 4.69) is 0 Å². The first-order chi connectivity index (χ1) is 4.63. The van der Waals surface area contributed by atoms with E-state index in [1.165, 1.54) is 0 Å². The van der Waals surface area contributed by atoms with Crippen molar-refractivity contribution in [3.05, 3.63) is 0 Å². The Hall–Kier alpha value is -0.120. The van der Waals surface area contributed by atoms with Crippen LogP contribution in [0.3, 0.4) is 0 Å². The van der Waals surface area contributed by atoms with Crippen molar-refractivity contribution in [2.24, 2.45) is 0 Å². The van der Waals surface area contributed by atoms with E-state index in [0.29, 0.717) is 0 Å². The number of aliphatic hydroxyl groups excluding tert-OH is 2. The van der Waals surface area contributed by atoms with Gasteiger partial charge in [-0.25, -0.2) is 0 Å². The first kappa shape index (κ1) is 6.58. The number of hydrogen-bond donors (Lipinski definition) is 2. The predicted molar refractivity (Wildman–Crippen MR) is 34.5 cm³/mol. The Balaban J connectivity index is 2.25. The number of hydrogen-bond acceptors (Lipinski definition) is 3. The van der Waals surface area contributed by atoms with Crippen LogP contribution in [0, 0.1) is 0 Å². The second-order valence-corrected chi connectivity index (χ2v) is 3.44. The Kier molecular flexibility index (Phi) is 1.14. The lowest BCUT2D eigenvalue weighted by Crippen LogP contribution is -2.43. The number of fused-ring (bicyclic) bond motifs is 2. The van der Waals surface area contributed by atoms with Crippen molar-refractivity contribution in [2.45, 2.75) is 43.7 Å². The van der Waals surface area contributed by atoms with E-state index >= 15 is 0 Å². The molecule has 4 atom stereocenters. The van der Waals surface area contributed by atoms with Gasteiger partial charge in [-0.1, -0.05) is 0 Å². The maximum Gasteiger partial charge on any atom is 0.111 e. The predicted octanol–water partition coefficient (Wildman–Crippen LogP) is -0.340. The first-order valence-electron chi connectivity index (χ1n) is 3.67. The van der Waals surface area contributed by atoms with Crippen molar-refractivity contribution >= 4 is 0 Å². The van der Waals surface area contributed by atoms with Crippen LogP contribution >= 0.6 is 0 Å². The molecule has 2 aliphatic heterocycles. The van der Waals surface area contributed by atoms with Gasteiger partial charge < -0.3 is 14.9 Å². The summed E-state index contributed by atoms with van der Waals surface area (Å²) in [7, 11) is 0. The second kappa shape index (κ2) is 1.72. The highest BCUT2D eigenvalue weighted by molar-refractivity contribution is 5.05. The largest absolute Gasteiger partial charge is 0.388 e. The topological polar surface area (TPSA) is 49.7 Å². The lowest BCUT2D eigenvalue weighted by molar-refractivity contribution is -0.0389. The van der Waals surface area contributed by atoms with Crippen molar-refractivity contribution in [1.29, 1.82) is 0 Å². The van der Waals surface area contributed by atoms with Crippen LogP contribution in [-0.4, -0.2) is 34.1 Å². The molecule has 4 unspecified atom stereocenters.